The number of carbonyl (C=O) groups excluding carboxylic acids is 2. The summed E-state index contributed by atoms with van der Waals surface area (Å²) in [6, 6.07) is 15.0. The van der Waals surface area contributed by atoms with E-state index in [0.717, 1.165) is 10.6 Å². The standard InChI is InChI=1S/C21H23N5O5S/c1-31-19-10-6-17(7-11-19)24-20(27)14-21(28)25-23-15-16-4-8-18(9-5-16)26(13-3-12-22)32(2,29)30/h4-11,15H,3,13-14H2,1-2H3,(H,24,27)(H,25,28)/b23-15+. The number of anilines is 2. The van der Waals surface area contributed by atoms with Crippen molar-refractivity contribution in [3.05, 3.63) is 54.1 Å². The van der Waals surface area contributed by atoms with E-state index in [-0.39, 0.29) is 13.0 Å². The van der Waals surface area contributed by atoms with Gasteiger partial charge >= 0.3 is 0 Å². The van der Waals surface area contributed by atoms with Crippen molar-refractivity contribution < 1.29 is 22.7 Å². The highest BCUT2D eigenvalue weighted by molar-refractivity contribution is 7.92. The minimum Gasteiger partial charge on any atom is -0.497 e. The summed E-state index contributed by atoms with van der Waals surface area (Å²) in [5, 5.41) is 15.1. The molecule has 2 aromatic carbocycles. The molecule has 2 amide bonds. The Hall–Kier alpha value is -3.91. The summed E-state index contributed by atoms with van der Waals surface area (Å²) < 4.78 is 30.0. The Morgan fingerprint density at radius 2 is 1.78 bits per heavy atom. The molecule has 0 fully saturated rings. The lowest BCUT2D eigenvalue weighted by Gasteiger charge is -2.21. The van der Waals surface area contributed by atoms with Crippen molar-refractivity contribution in [2.45, 2.75) is 12.8 Å². The highest BCUT2D eigenvalue weighted by Crippen LogP contribution is 2.18. The lowest BCUT2D eigenvalue weighted by molar-refractivity contribution is -0.126. The number of methoxy groups -OCH3 is 1. The summed E-state index contributed by atoms with van der Waals surface area (Å²) in [7, 11) is -1.99. The van der Waals surface area contributed by atoms with Crippen molar-refractivity contribution >= 4 is 39.4 Å². The van der Waals surface area contributed by atoms with Crippen molar-refractivity contribution in [2.24, 2.45) is 5.10 Å². The SMILES string of the molecule is COc1ccc(NC(=O)CC(=O)N/N=C/c2ccc(N(CCC#N)S(C)(=O)=O)cc2)cc1. The minimum atomic E-state index is -3.52. The van der Waals surface area contributed by atoms with E-state index in [2.05, 4.69) is 15.8 Å². The number of ether oxygens (including phenoxy) is 1. The number of sulfonamides is 1. The number of benzene rings is 2. The smallest absolute Gasteiger partial charge is 0.249 e. The highest BCUT2D eigenvalue weighted by atomic mass is 32.2. The number of rotatable bonds is 10. The van der Waals surface area contributed by atoms with Gasteiger partial charge in [-0.05, 0) is 42.0 Å². The normalized spacial score (nSPS) is 10.9. The van der Waals surface area contributed by atoms with Crippen LogP contribution in [0.25, 0.3) is 0 Å². The Morgan fingerprint density at radius 3 is 2.34 bits per heavy atom. The third-order valence-electron chi connectivity index (χ3n) is 4.11. The Kier molecular flexibility index (Phi) is 8.73. The van der Waals surface area contributed by atoms with Gasteiger partial charge in [0.05, 0.1) is 37.8 Å². The number of hydrazone groups is 1. The van der Waals surface area contributed by atoms with Gasteiger partial charge in [0, 0.05) is 12.2 Å². The van der Waals surface area contributed by atoms with Gasteiger partial charge in [-0.3, -0.25) is 13.9 Å². The summed E-state index contributed by atoms with van der Waals surface area (Å²) in [6.45, 7) is 0.0530. The van der Waals surface area contributed by atoms with Gasteiger partial charge in [0.1, 0.15) is 12.2 Å². The lowest BCUT2D eigenvalue weighted by Crippen LogP contribution is -2.30. The predicted molar refractivity (Wildman–Crippen MR) is 121 cm³/mol. The molecule has 0 spiro atoms. The monoisotopic (exact) mass is 457 g/mol. The summed E-state index contributed by atoms with van der Waals surface area (Å²) in [5.74, 6) is -0.441. The van der Waals surface area contributed by atoms with Crippen LogP contribution in [0.3, 0.4) is 0 Å². The second-order valence-corrected chi connectivity index (χ2v) is 8.49. The fourth-order valence-corrected chi connectivity index (χ4v) is 3.54. The molecule has 0 aliphatic carbocycles. The van der Waals surface area contributed by atoms with E-state index in [1.165, 1.54) is 13.3 Å². The topological polar surface area (TPSA) is 141 Å². The highest BCUT2D eigenvalue weighted by Gasteiger charge is 2.16. The van der Waals surface area contributed by atoms with Crippen molar-refractivity contribution in [3.8, 4) is 11.8 Å². The molecule has 0 radical (unpaired) electrons. The lowest BCUT2D eigenvalue weighted by atomic mass is 10.2. The van der Waals surface area contributed by atoms with E-state index in [1.807, 2.05) is 6.07 Å². The quantitative estimate of drug-likeness (QED) is 0.317. The number of nitrogens with zero attached hydrogens (tertiary/aromatic N) is 3. The van der Waals surface area contributed by atoms with Gasteiger partial charge in [-0.2, -0.15) is 10.4 Å². The fourth-order valence-electron chi connectivity index (χ4n) is 2.61. The molecule has 0 aliphatic heterocycles. The Morgan fingerprint density at radius 1 is 1.12 bits per heavy atom. The first kappa shape index (κ1) is 24.4. The average molecular weight is 458 g/mol. The zero-order valence-corrected chi connectivity index (χ0v) is 18.4. The summed E-state index contributed by atoms with van der Waals surface area (Å²) in [5.41, 5.74) is 3.81. The first-order chi connectivity index (χ1) is 15.2. The van der Waals surface area contributed by atoms with E-state index < -0.39 is 28.3 Å². The Labute approximate surface area is 186 Å². The van der Waals surface area contributed by atoms with Crippen LogP contribution in [0.2, 0.25) is 0 Å². The van der Waals surface area contributed by atoms with Crippen LogP contribution in [0.1, 0.15) is 18.4 Å². The second-order valence-electron chi connectivity index (χ2n) is 6.58. The van der Waals surface area contributed by atoms with Gasteiger partial charge in [-0.1, -0.05) is 12.1 Å². The molecule has 10 nitrogen and oxygen atoms in total. The van der Waals surface area contributed by atoms with E-state index in [4.69, 9.17) is 10.00 Å². The number of nitrogens with one attached hydrogen (secondary N) is 2. The van der Waals surface area contributed by atoms with Crippen LogP contribution in [0.5, 0.6) is 5.75 Å². The van der Waals surface area contributed by atoms with Gasteiger partial charge < -0.3 is 10.1 Å². The molecule has 0 bridgehead atoms. The first-order valence-electron chi connectivity index (χ1n) is 9.43. The molecule has 168 valence electrons. The molecule has 0 aliphatic rings. The molecule has 11 heteroatoms. The van der Waals surface area contributed by atoms with Crippen LogP contribution in [0.4, 0.5) is 11.4 Å². The van der Waals surface area contributed by atoms with Crippen molar-refractivity contribution in [2.75, 3.05) is 29.5 Å². The maximum atomic E-state index is 11.9. The van der Waals surface area contributed by atoms with Crippen LogP contribution in [0.15, 0.2) is 53.6 Å². The van der Waals surface area contributed by atoms with E-state index in [1.54, 1.807) is 48.5 Å². The van der Waals surface area contributed by atoms with Gasteiger partial charge in [0.2, 0.25) is 21.8 Å². The number of hydrogen-bond acceptors (Lipinski definition) is 7. The average Bonchev–Trinajstić information content (AvgIpc) is 2.74. The van der Waals surface area contributed by atoms with Crippen LogP contribution >= 0.6 is 0 Å². The summed E-state index contributed by atoms with van der Waals surface area (Å²) >= 11 is 0. The third-order valence-corrected chi connectivity index (χ3v) is 5.30. The molecule has 0 atom stereocenters. The molecule has 0 unspecified atom stereocenters. The number of amides is 2. The van der Waals surface area contributed by atoms with Crippen molar-refractivity contribution in [3.63, 3.8) is 0 Å². The Bertz CT molecular complexity index is 1110. The molecule has 0 saturated heterocycles. The van der Waals surface area contributed by atoms with Gasteiger partial charge in [0.15, 0.2) is 0 Å². The van der Waals surface area contributed by atoms with Crippen molar-refractivity contribution in [1.82, 2.24) is 5.43 Å². The maximum Gasteiger partial charge on any atom is 0.249 e. The zero-order valence-electron chi connectivity index (χ0n) is 17.6. The number of nitriles is 1. The van der Waals surface area contributed by atoms with Crippen molar-refractivity contribution in [1.29, 1.82) is 5.26 Å². The van der Waals surface area contributed by atoms with E-state index >= 15 is 0 Å². The molecular formula is C21H23N5O5S. The van der Waals surface area contributed by atoms with Gasteiger partial charge in [0.25, 0.3) is 0 Å². The second kappa shape index (κ2) is 11.5. The number of carbonyl (C=O) groups is 2. The molecule has 32 heavy (non-hydrogen) atoms. The molecule has 2 rings (SSSR count). The molecular weight excluding hydrogens is 434 g/mol. The maximum absolute atomic E-state index is 11.9. The zero-order chi connectivity index (χ0) is 23.6. The fraction of sp³-hybridized carbons (Fsp3) is 0.238. The largest absolute Gasteiger partial charge is 0.497 e. The van der Waals surface area contributed by atoms with Gasteiger partial charge in [-0.15, -0.1) is 0 Å². The first-order valence-corrected chi connectivity index (χ1v) is 11.3. The summed E-state index contributed by atoms with van der Waals surface area (Å²) in [4.78, 5) is 23.8. The predicted octanol–water partition coefficient (Wildman–Crippen LogP) is 1.85. The van der Waals surface area contributed by atoms with E-state index in [0.29, 0.717) is 22.7 Å². The van der Waals surface area contributed by atoms with E-state index in [9.17, 15) is 18.0 Å². The molecule has 0 heterocycles. The van der Waals surface area contributed by atoms with Crippen LogP contribution in [-0.4, -0.2) is 46.4 Å². The number of hydrogen-bond donors (Lipinski definition) is 2. The third kappa shape index (κ3) is 7.73. The summed E-state index contributed by atoms with van der Waals surface area (Å²) in [6.07, 6.45) is 2.09. The molecule has 2 aromatic rings. The molecule has 0 saturated carbocycles. The van der Waals surface area contributed by atoms with Crippen LogP contribution < -0.4 is 19.8 Å². The van der Waals surface area contributed by atoms with Crippen LogP contribution in [-0.2, 0) is 19.6 Å². The van der Waals surface area contributed by atoms with Crippen LogP contribution in [0, 0.1) is 11.3 Å². The van der Waals surface area contributed by atoms with Gasteiger partial charge in [-0.25, -0.2) is 13.8 Å². The Balaban J connectivity index is 1.88. The minimum absolute atomic E-state index is 0.0530. The molecule has 0 aromatic heterocycles. The molecule has 2 N–H and O–H groups in total.